The van der Waals surface area contributed by atoms with Crippen molar-refractivity contribution in [1.82, 2.24) is 0 Å². The predicted molar refractivity (Wildman–Crippen MR) is 54.8 cm³/mol. The molecule has 0 saturated heterocycles. The number of halogens is 2. The summed E-state index contributed by atoms with van der Waals surface area (Å²) in [6, 6.07) is 0. The average molecular weight is 256 g/mol. The SMILES string of the molecule is CCOC(=O)C(F)(F)OCCOCCCOC. The summed E-state index contributed by atoms with van der Waals surface area (Å²) >= 11 is 0. The molecule has 102 valence electrons. The van der Waals surface area contributed by atoms with Crippen LogP contribution < -0.4 is 0 Å². The highest BCUT2D eigenvalue weighted by atomic mass is 19.3. The van der Waals surface area contributed by atoms with Crippen molar-refractivity contribution in [3.63, 3.8) is 0 Å². The van der Waals surface area contributed by atoms with Crippen LogP contribution in [0.15, 0.2) is 0 Å². The Morgan fingerprint density at radius 2 is 1.88 bits per heavy atom. The first-order chi connectivity index (χ1) is 8.04. The standard InChI is InChI=1S/C10H18F2O5/c1-3-16-9(13)10(11,12)17-8-7-15-6-4-5-14-2/h3-8H2,1-2H3. The summed E-state index contributed by atoms with van der Waals surface area (Å²) in [5.41, 5.74) is 0. The molecule has 0 aromatic rings. The molecular weight excluding hydrogens is 238 g/mol. The fourth-order valence-corrected chi connectivity index (χ4v) is 0.910. The van der Waals surface area contributed by atoms with Crippen LogP contribution in [0.4, 0.5) is 8.78 Å². The normalized spacial score (nSPS) is 11.5. The van der Waals surface area contributed by atoms with Gasteiger partial charge in [0.25, 0.3) is 0 Å². The summed E-state index contributed by atoms with van der Waals surface area (Å²) in [5.74, 6) is -1.68. The van der Waals surface area contributed by atoms with Gasteiger partial charge in [-0.05, 0) is 13.3 Å². The van der Waals surface area contributed by atoms with Crippen LogP contribution in [0.2, 0.25) is 0 Å². The van der Waals surface area contributed by atoms with Crippen molar-refractivity contribution < 1.29 is 32.5 Å². The summed E-state index contributed by atoms with van der Waals surface area (Å²) in [6.45, 7) is 1.86. The van der Waals surface area contributed by atoms with Gasteiger partial charge in [0.05, 0.1) is 19.8 Å². The third-order valence-electron chi connectivity index (χ3n) is 1.66. The molecule has 0 aliphatic rings. The quantitative estimate of drug-likeness (QED) is 0.434. The molecule has 0 unspecified atom stereocenters. The van der Waals surface area contributed by atoms with E-state index >= 15 is 0 Å². The molecule has 0 heterocycles. The van der Waals surface area contributed by atoms with Gasteiger partial charge in [0.1, 0.15) is 0 Å². The zero-order valence-electron chi connectivity index (χ0n) is 10.0. The molecule has 0 bridgehead atoms. The fourth-order valence-electron chi connectivity index (χ4n) is 0.910. The summed E-state index contributed by atoms with van der Waals surface area (Å²) in [4.78, 5) is 10.7. The minimum atomic E-state index is -3.91. The first-order valence-electron chi connectivity index (χ1n) is 5.30. The van der Waals surface area contributed by atoms with Gasteiger partial charge in [0.15, 0.2) is 0 Å². The van der Waals surface area contributed by atoms with Gasteiger partial charge >= 0.3 is 12.1 Å². The van der Waals surface area contributed by atoms with Gasteiger partial charge in [-0.15, -0.1) is 0 Å². The minimum absolute atomic E-state index is 0.0152. The van der Waals surface area contributed by atoms with Crippen LogP contribution in [-0.4, -0.2) is 52.2 Å². The molecule has 0 spiro atoms. The smallest absolute Gasteiger partial charge is 0.456 e. The zero-order chi connectivity index (χ0) is 13.1. The molecule has 0 rings (SSSR count). The lowest BCUT2D eigenvalue weighted by Crippen LogP contribution is -2.35. The molecule has 0 radical (unpaired) electrons. The molecule has 17 heavy (non-hydrogen) atoms. The van der Waals surface area contributed by atoms with E-state index < -0.39 is 12.1 Å². The molecule has 0 aromatic heterocycles. The second-order valence-corrected chi connectivity index (χ2v) is 3.04. The minimum Gasteiger partial charge on any atom is -0.460 e. The third-order valence-corrected chi connectivity index (χ3v) is 1.66. The van der Waals surface area contributed by atoms with E-state index in [-0.39, 0.29) is 19.8 Å². The Balaban J connectivity index is 3.55. The second kappa shape index (κ2) is 9.26. The molecule has 0 aliphatic heterocycles. The first kappa shape index (κ1) is 16.2. The van der Waals surface area contributed by atoms with Crippen molar-refractivity contribution in [2.24, 2.45) is 0 Å². The summed E-state index contributed by atoms with van der Waals surface area (Å²) in [7, 11) is 1.56. The number of alkyl halides is 2. The molecule has 7 heteroatoms. The van der Waals surface area contributed by atoms with Crippen molar-refractivity contribution in [2.75, 3.05) is 40.1 Å². The molecular formula is C10H18F2O5. The Labute approximate surface area is 99.0 Å². The van der Waals surface area contributed by atoms with Gasteiger partial charge in [-0.1, -0.05) is 0 Å². The van der Waals surface area contributed by atoms with Crippen LogP contribution in [0, 0.1) is 0 Å². The van der Waals surface area contributed by atoms with Crippen LogP contribution >= 0.6 is 0 Å². The Morgan fingerprint density at radius 1 is 1.18 bits per heavy atom. The van der Waals surface area contributed by atoms with Gasteiger partial charge in [-0.2, -0.15) is 8.78 Å². The van der Waals surface area contributed by atoms with Crippen LogP contribution in [0.5, 0.6) is 0 Å². The van der Waals surface area contributed by atoms with Crippen molar-refractivity contribution in [2.45, 2.75) is 19.5 Å². The highest BCUT2D eigenvalue weighted by Gasteiger charge is 2.42. The van der Waals surface area contributed by atoms with Crippen LogP contribution in [0.3, 0.4) is 0 Å². The largest absolute Gasteiger partial charge is 0.460 e. The third kappa shape index (κ3) is 8.00. The Bertz CT molecular complexity index is 211. The lowest BCUT2D eigenvalue weighted by atomic mass is 10.5. The Hall–Kier alpha value is -0.790. The Morgan fingerprint density at radius 3 is 2.47 bits per heavy atom. The van der Waals surface area contributed by atoms with E-state index in [0.29, 0.717) is 19.6 Å². The highest BCUT2D eigenvalue weighted by Crippen LogP contribution is 2.16. The van der Waals surface area contributed by atoms with Gasteiger partial charge in [0, 0.05) is 20.3 Å². The predicted octanol–water partition coefficient (Wildman–Crippen LogP) is 1.21. The number of methoxy groups -OCH3 is 1. The maximum atomic E-state index is 12.9. The van der Waals surface area contributed by atoms with E-state index in [0.717, 1.165) is 0 Å². The van der Waals surface area contributed by atoms with E-state index in [1.807, 2.05) is 0 Å². The number of hydrogen-bond acceptors (Lipinski definition) is 5. The van der Waals surface area contributed by atoms with Gasteiger partial charge in [0.2, 0.25) is 0 Å². The van der Waals surface area contributed by atoms with Crippen LogP contribution in [0.25, 0.3) is 0 Å². The van der Waals surface area contributed by atoms with Crippen molar-refractivity contribution in [3.8, 4) is 0 Å². The van der Waals surface area contributed by atoms with E-state index in [2.05, 4.69) is 9.47 Å². The molecule has 0 amide bonds. The average Bonchev–Trinajstić information content (AvgIpc) is 2.28. The maximum absolute atomic E-state index is 12.9. The summed E-state index contributed by atoms with van der Waals surface area (Å²) in [6.07, 6.45) is -3.24. The molecule has 0 fully saturated rings. The molecule has 0 atom stereocenters. The number of ether oxygens (including phenoxy) is 4. The molecule has 0 aliphatic carbocycles. The van der Waals surface area contributed by atoms with Crippen LogP contribution in [-0.2, 0) is 23.7 Å². The maximum Gasteiger partial charge on any atom is 0.456 e. The summed E-state index contributed by atoms with van der Waals surface area (Å²) < 4.78 is 43.7. The van der Waals surface area contributed by atoms with E-state index in [1.165, 1.54) is 6.92 Å². The molecule has 0 N–H and O–H groups in total. The zero-order valence-corrected chi connectivity index (χ0v) is 10.0. The number of esters is 1. The number of carbonyl (C=O) groups excluding carboxylic acids is 1. The molecule has 0 aromatic carbocycles. The fraction of sp³-hybridized carbons (Fsp3) is 0.900. The lowest BCUT2D eigenvalue weighted by molar-refractivity contribution is -0.252. The van der Waals surface area contributed by atoms with E-state index in [9.17, 15) is 13.6 Å². The van der Waals surface area contributed by atoms with Gasteiger partial charge in [-0.25, -0.2) is 4.79 Å². The van der Waals surface area contributed by atoms with E-state index in [1.54, 1.807) is 7.11 Å². The van der Waals surface area contributed by atoms with E-state index in [4.69, 9.17) is 9.47 Å². The molecule has 5 nitrogen and oxygen atoms in total. The second-order valence-electron chi connectivity index (χ2n) is 3.04. The van der Waals surface area contributed by atoms with Crippen LogP contribution in [0.1, 0.15) is 13.3 Å². The monoisotopic (exact) mass is 256 g/mol. The molecule has 0 saturated carbocycles. The van der Waals surface area contributed by atoms with Crippen molar-refractivity contribution in [3.05, 3.63) is 0 Å². The number of carbonyl (C=O) groups is 1. The number of hydrogen-bond donors (Lipinski definition) is 0. The first-order valence-corrected chi connectivity index (χ1v) is 5.30. The van der Waals surface area contributed by atoms with Crippen molar-refractivity contribution >= 4 is 5.97 Å². The number of rotatable bonds is 10. The van der Waals surface area contributed by atoms with Gasteiger partial charge in [-0.3, -0.25) is 0 Å². The topological polar surface area (TPSA) is 54.0 Å². The van der Waals surface area contributed by atoms with Gasteiger partial charge < -0.3 is 18.9 Å². The highest BCUT2D eigenvalue weighted by molar-refractivity contribution is 5.75. The summed E-state index contributed by atoms with van der Waals surface area (Å²) in [5, 5.41) is 0. The lowest BCUT2D eigenvalue weighted by Gasteiger charge is -2.14. The van der Waals surface area contributed by atoms with Crippen molar-refractivity contribution in [1.29, 1.82) is 0 Å². The Kier molecular flexibility index (Phi) is 8.83.